The quantitative estimate of drug-likeness (QED) is 0.223. The number of benzene rings is 3. The van der Waals surface area contributed by atoms with Crippen LogP contribution in [-0.4, -0.2) is 21.2 Å². The van der Waals surface area contributed by atoms with E-state index in [4.69, 9.17) is 4.74 Å². The van der Waals surface area contributed by atoms with Crippen LogP contribution in [0.2, 0.25) is 0 Å². The Bertz CT molecular complexity index is 1160. The zero-order chi connectivity index (χ0) is 18.1. The molecular weight excluding hydrogens is 330 g/mol. The van der Waals surface area contributed by atoms with Crippen LogP contribution < -0.4 is 4.74 Å². The van der Waals surface area contributed by atoms with E-state index in [0.29, 0.717) is 11.3 Å². The molecule has 0 amide bonds. The summed E-state index contributed by atoms with van der Waals surface area (Å²) in [5.74, 6) is -0.538. The zero-order valence-electron chi connectivity index (χ0n) is 13.6. The molecule has 3 aromatic carbocycles. The minimum absolute atomic E-state index is 0.211. The first kappa shape index (κ1) is 15.8. The summed E-state index contributed by atoms with van der Waals surface area (Å²) in [6, 6.07) is 17.7. The smallest absolute Gasteiger partial charge is 0.336 e. The maximum absolute atomic E-state index is 12.0. The number of phenols is 2. The van der Waals surface area contributed by atoms with Gasteiger partial charge in [0.25, 0.3) is 0 Å². The Hall–Kier alpha value is -3.73. The van der Waals surface area contributed by atoms with E-state index in [0.717, 1.165) is 21.8 Å². The van der Waals surface area contributed by atoms with Crippen LogP contribution in [0.5, 0.6) is 17.2 Å². The summed E-state index contributed by atoms with van der Waals surface area (Å²) in [6.45, 7) is 0. The van der Waals surface area contributed by atoms with E-state index in [-0.39, 0.29) is 11.5 Å². The van der Waals surface area contributed by atoms with Crippen LogP contribution in [0.1, 0.15) is 5.56 Å². The Balaban J connectivity index is 1.56. The first-order chi connectivity index (χ1) is 12.6. The number of aromatic hydroxyl groups is 2. The highest BCUT2D eigenvalue weighted by atomic mass is 16.5. The highest BCUT2D eigenvalue weighted by Crippen LogP contribution is 2.29. The number of fused-ring (bicyclic) bond motifs is 3. The van der Waals surface area contributed by atoms with Gasteiger partial charge >= 0.3 is 5.97 Å². The van der Waals surface area contributed by atoms with Crippen LogP contribution in [-0.2, 0) is 4.79 Å². The summed E-state index contributed by atoms with van der Waals surface area (Å²) in [5.41, 5.74) is 2.57. The predicted octanol–water partition coefficient (Wildman–Crippen LogP) is 4.35. The van der Waals surface area contributed by atoms with E-state index in [1.165, 1.54) is 24.3 Å². The second-order valence-electron chi connectivity index (χ2n) is 5.88. The molecule has 5 heteroatoms. The van der Waals surface area contributed by atoms with Crippen LogP contribution in [0.25, 0.3) is 27.9 Å². The average Bonchev–Trinajstić information content (AvgIpc) is 3.01. The van der Waals surface area contributed by atoms with E-state index in [1.54, 1.807) is 12.1 Å². The standard InChI is InChI=1S/C21H15NO4/c23-19-9-5-13(11-20(19)24)6-10-21(25)26-14-7-8-18-16(12-14)15-3-1-2-4-17(15)22-18/h1-12,22-24H/b10-6+. The number of esters is 1. The monoisotopic (exact) mass is 345 g/mol. The average molecular weight is 345 g/mol. The van der Waals surface area contributed by atoms with Gasteiger partial charge in [0.2, 0.25) is 0 Å². The number of nitrogens with one attached hydrogen (secondary N) is 1. The van der Waals surface area contributed by atoms with Gasteiger partial charge in [0.15, 0.2) is 11.5 Å². The number of rotatable bonds is 3. The van der Waals surface area contributed by atoms with Crippen molar-refractivity contribution in [2.45, 2.75) is 0 Å². The normalized spacial score (nSPS) is 11.4. The lowest BCUT2D eigenvalue weighted by atomic mass is 10.1. The van der Waals surface area contributed by atoms with Gasteiger partial charge in [-0.3, -0.25) is 0 Å². The predicted molar refractivity (Wildman–Crippen MR) is 100 cm³/mol. The third kappa shape index (κ3) is 2.98. The first-order valence-electron chi connectivity index (χ1n) is 8.02. The maximum Gasteiger partial charge on any atom is 0.336 e. The van der Waals surface area contributed by atoms with E-state index in [9.17, 15) is 15.0 Å². The van der Waals surface area contributed by atoms with Crippen molar-refractivity contribution in [1.82, 2.24) is 4.98 Å². The van der Waals surface area contributed by atoms with Gasteiger partial charge in [-0.25, -0.2) is 4.79 Å². The lowest BCUT2D eigenvalue weighted by molar-refractivity contribution is -0.128. The van der Waals surface area contributed by atoms with Crippen molar-refractivity contribution in [3.63, 3.8) is 0 Å². The van der Waals surface area contributed by atoms with Crippen LogP contribution in [0, 0.1) is 0 Å². The third-order valence-corrected chi connectivity index (χ3v) is 4.11. The minimum atomic E-state index is -0.531. The number of hydrogen-bond donors (Lipinski definition) is 3. The lowest BCUT2D eigenvalue weighted by Crippen LogP contribution is -2.03. The molecule has 1 aromatic heterocycles. The molecule has 4 rings (SSSR count). The van der Waals surface area contributed by atoms with Crippen LogP contribution in [0.4, 0.5) is 0 Å². The molecule has 4 aromatic rings. The van der Waals surface area contributed by atoms with Gasteiger partial charge < -0.3 is 19.9 Å². The summed E-state index contributed by atoms with van der Waals surface area (Å²) in [6.07, 6.45) is 2.77. The largest absolute Gasteiger partial charge is 0.504 e. The second-order valence-corrected chi connectivity index (χ2v) is 5.88. The van der Waals surface area contributed by atoms with E-state index in [2.05, 4.69) is 4.98 Å². The molecule has 128 valence electrons. The molecule has 26 heavy (non-hydrogen) atoms. The number of phenolic OH excluding ortho intramolecular Hbond substituents is 2. The number of aromatic nitrogens is 1. The Kier molecular flexibility index (Phi) is 3.82. The molecule has 5 nitrogen and oxygen atoms in total. The van der Waals surface area contributed by atoms with Gasteiger partial charge in [0, 0.05) is 27.9 Å². The molecule has 0 unspecified atom stereocenters. The molecule has 0 bridgehead atoms. The molecule has 0 radical (unpaired) electrons. The molecule has 0 aliphatic rings. The van der Waals surface area contributed by atoms with Crippen molar-refractivity contribution < 1.29 is 19.7 Å². The molecule has 0 aliphatic heterocycles. The Morgan fingerprint density at radius 3 is 2.54 bits per heavy atom. The summed E-state index contributed by atoms with van der Waals surface area (Å²) in [5, 5.41) is 20.8. The van der Waals surface area contributed by atoms with Crippen LogP contribution in [0.15, 0.2) is 66.7 Å². The maximum atomic E-state index is 12.0. The van der Waals surface area contributed by atoms with Gasteiger partial charge in [-0.05, 0) is 48.0 Å². The highest BCUT2D eigenvalue weighted by molar-refractivity contribution is 6.07. The molecular formula is C21H15NO4. The minimum Gasteiger partial charge on any atom is -0.504 e. The number of para-hydroxylation sites is 1. The summed E-state index contributed by atoms with van der Waals surface area (Å²) >= 11 is 0. The molecule has 0 fully saturated rings. The van der Waals surface area contributed by atoms with Crippen LogP contribution >= 0.6 is 0 Å². The van der Waals surface area contributed by atoms with Crippen molar-refractivity contribution in [2.24, 2.45) is 0 Å². The fourth-order valence-corrected chi connectivity index (χ4v) is 2.85. The summed E-state index contributed by atoms with van der Waals surface area (Å²) in [4.78, 5) is 15.4. The molecule has 0 saturated carbocycles. The molecule has 3 N–H and O–H groups in total. The van der Waals surface area contributed by atoms with Gasteiger partial charge in [-0.15, -0.1) is 0 Å². The molecule has 0 saturated heterocycles. The van der Waals surface area contributed by atoms with Gasteiger partial charge in [-0.1, -0.05) is 24.3 Å². The van der Waals surface area contributed by atoms with Gasteiger partial charge in [0.1, 0.15) is 5.75 Å². The summed E-state index contributed by atoms with van der Waals surface area (Å²) in [7, 11) is 0. The van der Waals surface area contributed by atoms with Gasteiger partial charge in [-0.2, -0.15) is 0 Å². The highest BCUT2D eigenvalue weighted by Gasteiger charge is 2.07. The van der Waals surface area contributed by atoms with E-state index < -0.39 is 5.97 Å². The molecule has 1 heterocycles. The molecule has 0 aliphatic carbocycles. The van der Waals surface area contributed by atoms with Crippen molar-refractivity contribution in [3.05, 3.63) is 72.3 Å². The number of H-pyrrole nitrogens is 1. The first-order valence-corrected chi connectivity index (χ1v) is 8.02. The second kappa shape index (κ2) is 6.29. The molecule has 0 spiro atoms. The number of hydrogen-bond acceptors (Lipinski definition) is 4. The Labute approximate surface area is 148 Å². The van der Waals surface area contributed by atoms with Crippen LogP contribution in [0.3, 0.4) is 0 Å². The topological polar surface area (TPSA) is 82.6 Å². The Morgan fingerprint density at radius 2 is 1.69 bits per heavy atom. The number of aromatic amines is 1. The van der Waals surface area contributed by atoms with Gasteiger partial charge in [0.05, 0.1) is 0 Å². The van der Waals surface area contributed by atoms with Crippen molar-refractivity contribution in [1.29, 1.82) is 0 Å². The zero-order valence-corrected chi connectivity index (χ0v) is 13.6. The van der Waals surface area contributed by atoms with E-state index in [1.807, 2.05) is 36.4 Å². The van der Waals surface area contributed by atoms with Crippen molar-refractivity contribution in [2.75, 3.05) is 0 Å². The van der Waals surface area contributed by atoms with E-state index >= 15 is 0 Å². The fraction of sp³-hybridized carbons (Fsp3) is 0. The SMILES string of the molecule is O=C(/C=C/c1ccc(O)c(O)c1)Oc1ccc2[nH]c3ccccc3c2c1. The number of carbonyl (C=O) groups excluding carboxylic acids is 1. The molecule has 0 atom stereocenters. The Morgan fingerprint density at radius 1 is 0.885 bits per heavy atom. The lowest BCUT2D eigenvalue weighted by Gasteiger charge is -2.02. The van der Waals surface area contributed by atoms with Crippen molar-refractivity contribution in [3.8, 4) is 17.2 Å². The van der Waals surface area contributed by atoms with Crippen molar-refractivity contribution >= 4 is 33.9 Å². The number of ether oxygens (including phenoxy) is 1. The number of carbonyl (C=O) groups is 1. The summed E-state index contributed by atoms with van der Waals surface area (Å²) < 4.78 is 5.36. The fourth-order valence-electron chi connectivity index (χ4n) is 2.85. The third-order valence-electron chi connectivity index (χ3n) is 4.11.